The summed E-state index contributed by atoms with van der Waals surface area (Å²) in [5.41, 5.74) is 0.903. The second-order valence-corrected chi connectivity index (χ2v) is 5.55. The fraction of sp³-hybridized carbons (Fsp3) is 0.250. The van der Waals surface area contributed by atoms with Crippen molar-refractivity contribution in [3.8, 4) is 0 Å². The number of hydrogen-bond donors (Lipinski definition) is 1. The van der Waals surface area contributed by atoms with Gasteiger partial charge in [0.05, 0.1) is 11.1 Å². The molecular formula is C12H11Cl2NOS. The Bertz CT molecular complexity index is 487. The molecule has 90 valence electrons. The molecule has 0 bridgehead atoms. The van der Waals surface area contributed by atoms with Gasteiger partial charge in [-0.2, -0.15) is 0 Å². The van der Waals surface area contributed by atoms with E-state index < -0.39 is 6.10 Å². The summed E-state index contributed by atoms with van der Waals surface area (Å²) in [6.45, 7) is 0. The molecule has 0 aliphatic carbocycles. The molecule has 5 heteroatoms. The number of thiazole rings is 1. The maximum Gasteiger partial charge on any atom is 0.0950 e. The number of rotatable bonds is 4. The number of benzene rings is 1. The van der Waals surface area contributed by atoms with E-state index in [0.29, 0.717) is 22.9 Å². The van der Waals surface area contributed by atoms with Crippen LogP contribution in [0.15, 0.2) is 29.8 Å². The Morgan fingerprint density at radius 2 is 2.12 bits per heavy atom. The summed E-state index contributed by atoms with van der Waals surface area (Å²) in [5.74, 6) is 0. The van der Waals surface area contributed by atoms with E-state index in [4.69, 9.17) is 23.2 Å². The van der Waals surface area contributed by atoms with Crippen LogP contribution in [0.1, 0.15) is 10.6 Å². The van der Waals surface area contributed by atoms with Crippen LogP contribution in [0.2, 0.25) is 10.0 Å². The third-order valence-electron chi connectivity index (χ3n) is 2.36. The molecule has 1 unspecified atom stereocenters. The van der Waals surface area contributed by atoms with Gasteiger partial charge < -0.3 is 5.11 Å². The molecule has 1 atom stereocenters. The Balaban J connectivity index is 2.00. The first kappa shape index (κ1) is 12.8. The van der Waals surface area contributed by atoms with Crippen molar-refractivity contribution in [2.75, 3.05) is 0 Å². The van der Waals surface area contributed by atoms with Crippen LogP contribution in [-0.2, 0) is 12.8 Å². The van der Waals surface area contributed by atoms with Crippen LogP contribution in [0.4, 0.5) is 0 Å². The molecule has 0 saturated heterocycles. The van der Waals surface area contributed by atoms with Gasteiger partial charge in [0, 0.05) is 34.5 Å². The summed E-state index contributed by atoms with van der Waals surface area (Å²) in [6.07, 6.45) is 2.33. The predicted molar refractivity (Wildman–Crippen MR) is 72.0 cm³/mol. The van der Waals surface area contributed by atoms with Crippen LogP contribution >= 0.6 is 34.5 Å². The molecule has 0 amide bonds. The molecule has 0 radical (unpaired) electrons. The van der Waals surface area contributed by atoms with E-state index in [1.807, 2.05) is 11.4 Å². The normalized spacial score (nSPS) is 12.6. The summed E-state index contributed by atoms with van der Waals surface area (Å²) >= 11 is 13.4. The van der Waals surface area contributed by atoms with Crippen molar-refractivity contribution in [3.63, 3.8) is 0 Å². The van der Waals surface area contributed by atoms with Crippen LogP contribution in [-0.4, -0.2) is 16.2 Å². The molecule has 2 rings (SSSR count). The third-order valence-corrected chi connectivity index (χ3v) is 3.75. The zero-order valence-corrected chi connectivity index (χ0v) is 11.3. The molecule has 17 heavy (non-hydrogen) atoms. The van der Waals surface area contributed by atoms with Crippen molar-refractivity contribution < 1.29 is 5.11 Å². The molecule has 0 aliphatic rings. The minimum Gasteiger partial charge on any atom is -0.392 e. The summed E-state index contributed by atoms with van der Waals surface area (Å²) in [5, 5.41) is 14.0. The first-order valence-electron chi connectivity index (χ1n) is 5.15. The van der Waals surface area contributed by atoms with Gasteiger partial charge in [0.25, 0.3) is 0 Å². The van der Waals surface area contributed by atoms with E-state index in [2.05, 4.69) is 4.98 Å². The number of nitrogens with zero attached hydrogens (tertiary/aromatic N) is 1. The Morgan fingerprint density at radius 1 is 1.29 bits per heavy atom. The lowest BCUT2D eigenvalue weighted by Crippen LogP contribution is -2.14. The van der Waals surface area contributed by atoms with Gasteiger partial charge in [-0.25, -0.2) is 4.98 Å². The van der Waals surface area contributed by atoms with E-state index in [-0.39, 0.29) is 0 Å². The monoisotopic (exact) mass is 287 g/mol. The number of hydrogen-bond acceptors (Lipinski definition) is 3. The Labute approximate surface area is 114 Å². The van der Waals surface area contributed by atoms with Gasteiger partial charge in [-0.05, 0) is 17.7 Å². The van der Waals surface area contributed by atoms with Crippen molar-refractivity contribution in [3.05, 3.63) is 50.4 Å². The number of halogens is 2. The number of aliphatic hydroxyl groups is 1. The molecular weight excluding hydrogens is 277 g/mol. The highest BCUT2D eigenvalue weighted by atomic mass is 35.5. The van der Waals surface area contributed by atoms with E-state index in [1.54, 1.807) is 29.7 Å². The van der Waals surface area contributed by atoms with E-state index in [1.165, 1.54) is 0 Å². The lowest BCUT2D eigenvalue weighted by atomic mass is 10.1. The quantitative estimate of drug-likeness (QED) is 0.932. The van der Waals surface area contributed by atoms with Crippen molar-refractivity contribution >= 4 is 34.5 Å². The molecule has 2 aromatic rings. The fourth-order valence-corrected chi connectivity index (χ4v) is 2.74. The molecule has 0 fully saturated rings. The van der Waals surface area contributed by atoms with Crippen molar-refractivity contribution in [1.29, 1.82) is 0 Å². The van der Waals surface area contributed by atoms with Gasteiger partial charge in [0.15, 0.2) is 0 Å². The second kappa shape index (κ2) is 5.83. The molecule has 1 aromatic carbocycles. The maximum atomic E-state index is 9.94. The van der Waals surface area contributed by atoms with Crippen molar-refractivity contribution in [2.45, 2.75) is 18.9 Å². The van der Waals surface area contributed by atoms with Gasteiger partial charge in [0.1, 0.15) is 0 Å². The van der Waals surface area contributed by atoms with Crippen molar-refractivity contribution in [2.24, 2.45) is 0 Å². The SMILES string of the molecule is OC(Cc1nccs1)Cc1ccc(Cl)cc1Cl. The van der Waals surface area contributed by atoms with E-state index >= 15 is 0 Å². The Morgan fingerprint density at radius 3 is 2.76 bits per heavy atom. The predicted octanol–water partition coefficient (Wildman–Crippen LogP) is 3.60. The first-order chi connectivity index (χ1) is 8.15. The lowest BCUT2D eigenvalue weighted by Gasteiger charge is -2.10. The summed E-state index contributed by atoms with van der Waals surface area (Å²) < 4.78 is 0. The molecule has 1 heterocycles. The van der Waals surface area contributed by atoms with Gasteiger partial charge in [-0.1, -0.05) is 29.3 Å². The molecule has 1 aromatic heterocycles. The Hall–Kier alpha value is -0.610. The van der Waals surface area contributed by atoms with Crippen LogP contribution < -0.4 is 0 Å². The van der Waals surface area contributed by atoms with Crippen LogP contribution in [0.5, 0.6) is 0 Å². The number of aromatic nitrogens is 1. The van der Waals surface area contributed by atoms with E-state index in [9.17, 15) is 5.11 Å². The Kier molecular flexibility index (Phi) is 4.40. The average Bonchev–Trinajstić information content (AvgIpc) is 2.75. The second-order valence-electron chi connectivity index (χ2n) is 3.72. The standard InChI is InChI=1S/C12H11Cl2NOS/c13-9-2-1-8(11(14)6-9)5-10(16)7-12-15-3-4-17-12/h1-4,6,10,16H,5,7H2. The molecule has 0 aliphatic heterocycles. The molecule has 2 nitrogen and oxygen atoms in total. The zero-order valence-electron chi connectivity index (χ0n) is 8.94. The zero-order chi connectivity index (χ0) is 12.3. The minimum absolute atomic E-state index is 0.472. The first-order valence-corrected chi connectivity index (χ1v) is 6.79. The minimum atomic E-state index is -0.472. The van der Waals surface area contributed by atoms with Gasteiger partial charge in [-0.15, -0.1) is 11.3 Å². The van der Waals surface area contributed by atoms with Gasteiger partial charge >= 0.3 is 0 Å². The highest BCUT2D eigenvalue weighted by Gasteiger charge is 2.11. The van der Waals surface area contributed by atoms with Crippen LogP contribution in [0.25, 0.3) is 0 Å². The summed E-state index contributed by atoms with van der Waals surface area (Å²) in [7, 11) is 0. The fourth-order valence-electron chi connectivity index (χ4n) is 1.57. The average molecular weight is 288 g/mol. The summed E-state index contributed by atoms with van der Waals surface area (Å²) in [6, 6.07) is 5.31. The van der Waals surface area contributed by atoms with Gasteiger partial charge in [-0.3, -0.25) is 0 Å². The summed E-state index contributed by atoms with van der Waals surface area (Å²) in [4.78, 5) is 4.14. The lowest BCUT2D eigenvalue weighted by molar-refractivity contribution is 0.175. The van der Waals surface area contributed by atoms with Crippen LogP contribution in [0, 0.1) is 0 Å². The van der Waals surface area contributed by atoms with Crippen molar-refractivity contribution in [1.82, 2.24) is 4.98 Å². The highest BCUT2D eigenvalue weighted by Crippen LogP contribution is 2.22. The highest BCUT2D eigenvalue weighted by molar-refractivity contribution is 7.09. The maximum absolute atomic E-state index is 9.94. The van der Waals surface area contributed by atoms with Crippen LogP contribution in [0.3, 0.4) is 0 Å². The van der Waals surface area contributed by atoms with E-state index in [0.717, 1.165) is 10.6 Å². The third kappa shape index (κ3) is 3.68. The largest absolute Gasteiger partial charge is 0.392 e. The van der Waals surface area contributed by atoms with Gasteiger partial charge in [0.2, 0.25) is 0 Å². The molecule has 1 N–H and O–H groups in total. The number of aliphatic hydroxyl groups excluding tert-OH is 1. The molecule has 0 saturated carbocycles. The smallest absolute Gasteiger partial charge is 0.0950 e. The topological polar surface area (TPSA) is 33.1 Å². The molecule has 0 spiro atoms.